The zero-order valence-corrected chi connectivity index (χ0v) is 22.3. The molecule has 5 aromatic rings. The van der Waals surface area contributed by atoms with Crippen LogP contribution in [0.25, 0.3) is 33.3 Å². The summed E-state index contributed by atoms with van der Waals surface area (Å²) >= 11 is 0. The van der Waals surface area contributed by atoms with Gasteiger partial charge in [0, 0.05) is 25.1 Å². The van der Waals surface area contributed by atoms with Crippen LogP contribution in [0.1, 0.15) is 37.3 Å². The number of aromatic amines is 1. The van der Waals surface area contributed by atoms with Gasteiger partial charge in [0.1, 0.15) is 12.5 Å². The number of H-pyrrole nitrogens is 1. The first-order valence-electron chi connectivity index (χ1n) is 13.7. The van der Waals surface area contributed by atoms with E-state index in [1.807, 2.05) is 18.2 Å². The van der Waals surface area contributed by atoms with Gasteiger partial charge in [0.25, 0.3) is 0 Å². The molecule has 6 rings (SSSR count). The van der Waals surface area contributed by atoms with E-state index in [-0.39, 0.29) is 0 Å². The maximum Gasteiger partial charge on any atom is 0.205 e. The van der Waals surface area contributed by atoms with Gasteiger partial charge in [-0.05, 0) is 51.1 Å². The molecular weight excluding hydrogens is 482 g/mol. The second-order valence-electron chi connectivity index (χ2n) is 10.1. The van der Waals surface area contributed by atoms with Crippen molar-refractivity contribution < 1.29 is 0 Å². The fourth-order valence-corrected chi connectivity index (χ4v) is 5.32. The predicted octanol–water partition coefficient (Wildman–Crippen LogP) is 6.51. The molecule has 1 N–H and O–H groups in total. The Morgan fingerprint density at radius 3 is 2.44 bits per heavy atom. The molecule has 7 heteroatoms. The maximum absolute atomic E-state index is 5.06. The van der Waals surface area contributed by atoms with Gasteiger partial charge in [-0.1, -0.05) is 104 Å². The maximum atomic E-state index is 5.06. The first kappa shape index (κ1) is 24.8. The van der Waals surface area contributed by atoms with E-state index in [1.165, 1.54) is 27.7 Å². The predicted molar refractivity (Wildman–Crippen MR) is 157 cm³/mol. The van der Waals surface area contributed by atoms with E-state index in [2.05, 4.69) is 110 Å². The number of benzene rings is 4. The summed E-state index contributed by atoms with van der Waals surface area (Å²) in [4.78, 5) is 2.43. The molecule has 2 heterocycles. The zero-order valence-electron chi connectivity index (χ0n) is 22.3. The minimum Gasteiger partial charge on any atom is -0.335 e. The van der Waals surface area contributed by atoms with Crippen LogP contribution in [0.5, 0.6) is 0 Å². The highest BCUT2D eigenvalue weighted by atomic mass is 15.6. The second kappa shape index (κ2) is 11.5. The number of hydrogen-bond donors (Lipinski definition) is 1. The number of amidine groups is 1. The fourth-order valence-electron chi connectivity index (χ4n) is 5.32. The van der Waals surface area contributed by atoms with Crippen molar-refractivity contribution in [2.75, 3.05) is 13.2 Å². The lowest BCUT2D eigenvalue weighted by Crippen LogP contribution is -2.31. The first-order valence-corrected chi connectivity index (χ1v) is 13.7. The summed E-state index contributed by atoms with van der Waals surface area (Å²) < 4.78 is 0. The minimum atomic E-state index is 0.604. The smallest absolute Gasteiger partial charge is 0.205 e. The molecule has 0 radical (unpaired) electrons. The first-order chi connectivity index (χ1) is 19.3. The topological polar surface area (TPSA) is 73.3 Å². The van der Waals surface area contributed by atoms with Gasteiger partial charge in [0.2, 0.25) is 5.82 Å². The summed E-state index contributed by atoms with van der Waals surface area (Å²) in [7, 11) is 0. The van der Waals surface area contributed by atoms with Gasteiger partial charge >= 0.3 is 0 Å². The van der Waals surface area contributed by atoms with Gasteiger partial charge in [-0.15, -0.1) is 10.2 Å². The largest absolute Gasteiger partial charge is 0.335 e. The Kier molecular flexibility index (Phi) is 7.30. The standard InChI is InChI=1S/C32H33N7/c1-2-3-15-31-35-39(21-20-26-11-8-10-25-9-4-5-12-28(25)26)23-38(31)22-24-16-18-27(19-17-24)29-13-6-7-14-30(29)32-33-36-37-34-32/h4-14,16-19H,2-3,15,20-23H2,1H3,(H,33,34,36,37). The molecule has 0 saturated carbocycles. The molecule has 0 bridgehead atoms. The monoisotopic (exact) mass is 515 g/mol. The highest BCUT2D eigenvalue weighted by Crippen LogP contribution is 2.30. The van der Waals surface area contributed by atoms with Gasteiger partial charge in [0.05, 0.1) is 0 Å². The minimum absolute atomic E-state index is 0.604. The van der Waals surface area contributed by atoms with Gasteiger partial charge in [-0.25, -0.2) is 0 Å². The average molecular weight is 516 g/mol. The van der Waals surface area contributed by atoms with Crippen LogP contribution in [0.2, 0.25) is 0 Å². The molecule has 39 heavy (non-hydrogen) atoms. The summed E-state index contributed by atoms with van der Waals surface area (Å²) in [5, 5.41) is 24.6. The molecule has 0 spiro atoms. The van der Waals surface area contributed by atoms with E-state index in [4.69, 9.17) is 5.10 Å². The normalized spacial score (nSPS) is 13.3. The third kappa shape index (κ3) is 5.53. The highest BCUT2D eigenvalue weighted by molar-refractivity contribution is 5.86. The number of hydrazone groups is 1. The van der Waals surface area contributed by atoms with Crippen molar-refractivity contribution in [2.24, 2.45) is 5.10 Å². The Morgan fingerprint density at radius 2 is 1.62 bits per heavy atom. The quantitative estimate of drug-likeness (QED) is 0.230. The molecule has 0 amide bonds. The lowest BCUT2D eigenvalue weighted by molar-refractivity contribution is 0.232. The van der Waals surface area contributed by atoms with Gasteiger partial charge in [0.15, 0.2) is 0 Å². The van der Waals surface area contributed by atoms with Gasteiger partial charge in [-0.2, -0.15) is 10.3 Å². The molecule has 4 aromatic carbocycles. The van der Waals surface area contributed by atoms with Crippen LogP contribution in [0, 0.1) is 0 Å². The fraction of sp³-hybridized carbons (Fsp3) is 0.250. The molecule has 0 aliphatic carbocycles. The average Bonchev–Trinajstić information content (AvgIpc) is 3.66. The zero-order chi connectivity index (χ0) is 26.4. The van der Waals surface area contributed by atoms with Crippen molar-refractivity contribution in [3.05, 3.63) is 102 Å². The lowest BCUT2D eigenvalue weighted by Gasteiger charge is -2.22. The Labute approximate surface area is 229 Å². The van der Waals surface area contributed by atoms with Gasteiger partial charge < -0.3 is 4.90 Å². The van der Waals surface area contributed by atoms with Crippen LogP contribution >= 0.6 is 0 Å². The number of nitrogens with one attached hydrogen (secondary N) is 1. The number of aromatic nitrogens is 4. The van der Waals surface area contributed by atoms with Crippen LogP contribution in [0.3, 0.4) is 0 Å². The van der Waals surface area contributed by atoms with Crippen molar-refractivity contribution in [1.29, 1.82) is 0 Å². The van der Waals surface area contributed by atoms with Crippen molar-refractivity contribution in [3.63, 3.8) is 0 Å². The van der Waals surface area contributed by atoms with Crippen molar-refractivity contribution in [3.8, 4) is 22.5 Å². The van der Waals surface area contributed by atoms with Crippen molar-refractivity contribution in [2.45, 2.75) is 39.2 Å². The summed E-state index contributed by atoms with van der Waals surface area (Å²) in [6, 6.07) is 32.2. The molecule has 0 saturated heterocycles. The summed E-state index contributed by atoms with van der Waals surface area (Å²) in [6.07, 6.45) is 4.31. The number of hydrogen-bond acceptors (Lipinski definition) is 6. The van der Waals surface area contributed by atoms with E-state index >= 15 is 0 Å². The van der Waals surface area contributed by atoms with Crippen LogP contribution in [-0.2, 0) is 13.0 Å². The third-order valence-corrected chi connectivity index (χ3v) is 7.38. The molecular formula is C32H33N7. The highest BCUT2D eigenvalue weighted by Gasteiger charge is 2.22. The Balaban J connectivity index is 1.15. The Hall–Kier alpha value is -4.52. The Bertz CT molecular complexity index is 1550. The van der Waals surface area contributed by atoms with E-state index in [1.54, 1.807) is 0 Å². The third-order valence-electron chi connectivity index (χ3n) is 7.38. The van der Waals surface area contributed by atoms with E-state index in [0.717, 1.165) is 62.1 Å². The van der Waals surface area contributed by atoms with Crippen LogP contribution in [0.15, 0.2) is 96.1 Å². The SMILES string of the molecule is CCCCC1=NN(CCc2cccc3ccccc23)CN1Cc1ccc(-c2ccccc2-c2nn[nH]n2)cc1. The van der Waals surface area contributed by atoms with E-state index in [9.17, 15) is 0 Å². The molecule has 1 aliphatic heterocycles. The molecule has 1 aliphatic rings. The van der Waals surface area contributed by atoms with E-state index < -0.39 is 0 Å². The number of rotatable bonds is 10. The van der Waals surface area contributed by atoms with Crippen molar-refractivity contribution >= 4 is 16.6 Å². The van der Waals surface area contributed by atoms with Crippen LogP contribution < -0.4 is 0 Å². The second-order valence-corrected chi connectivity index (χ2v) is 10.1. The van der Waals surface area contributed by atoms with Crippen LogP contribution in [-0.4, -0.2) is 49.6 Å². The number of unbranched alkanes of at least 4 members (excludes halogenated alkanes) is 1. The number of fused-ring (bicyclic) bond motifs is 1. The molecule has 0 fully saturated rings. The molecule has 7 nitrogen and oxygen atoms in total. The molecule has 0 atom stereocenters. The molecule has 196 valence electrons. The summed E-state index contributed by atoms with van der Waals surface area (Å²) in [5.41, 5.74) is 5.85. The number of nitrogens with zero attached hydrogens (tertiary/aromatic N) is 6. The lowest BCUT2D eigenvalue weighted by atomic mass is 9.98. The molecule has 1 aromatic heterocycles. The van der Waals surface area contributed by atoms with Crippen molar-refractivity contribution in [1.82, 2.24) is 30.5 Å². The summed E-state index contributed by atoms with van der Waals surface area (Å²) in [6.45, 7) is 4.82. The van der Waals surface area contributed by atoms with Gasteiger partial charge in [-0.3, -0.25) is 5.01 Å². The molecule has 0 unspecified atom stereocenters. The van der Waals surface area contributed by atoms with Crippen LogP contribution in [0.4, 0.5) is 0 Å². The number of tetrazole rings is 1. The summed E-state index contributed by atoms with van der Waals surface area (Å²) in [5.74, 6) is 1.80. The Morgan fingerprint density at radius 1 is 0.821 bits per heavy atom. The van der Waals surface area contributed by atoms with E-state index in [0.29, 0.717) is 5.82 Å².